The molecule has 4 heteroatoms. The summed E-state index contributed by atoms with van der Waals surface area (Å²) in [6.45, 7) is 9.09. The number of piperazine rings is 1. The molecule has 1 aromatic carbocycles. The Labute approximate surface area is 134 Å². The molecule has 1 saturated heterocycles. The molecule has 0 aliphatic carbocycles. The van der Waals surface area contributed by atoms with Gasteiger partial charge in [-0.15, -0.1) is 0 Å². The van der Waals surface area contributed by atoms with Gasteiger partial charge in [-0.05, 0) is 32.1 Å². The highest BCUT2D eigenvalue weighted by atomic mass is 16.1. The minimum absolute atomic E-state index is 0.259. The van der Waals surface area contributed by atoms with Gasteiger partial charge in [0.25, 0.3) is 0 Å². The second-order valence-corrected chi connectivity index (χ2v) is 6.59. The number of benzene rings is 1. The Hall–Kier alpha value is -1.23. The number of hydrogen-bond acceptors (Lipinski definition) is 4. The SMILES string of the molecule is CC(=O)CCN(C)Cc1ccc(CN2CCN(C)CC2)cc1. The van der Waals surface area contributed by atoms with Crippen molar-refractivity contribution in [3.8, 4) is 0 Å². The second-order valence-electron chi connectivity index (χ2n) is 6.59. The number of likely N-dealkylation sites (N-methyl/N-ethyl adjacent to an activating group) is 1. The van der Waals surface area contributed by atoms with Gasteiger partial charge in [-0.2, -0.15) is 0 Å². The first-order valence-electron chi connectivity index (χ1n) is 8.19. The molecule has 0 radical (unpaired) electrons. The van der Waals surface area contributed by atoms with Crippen molar-refractivity contribution >= 4 is 5.78 Å². The first-order chi connectivity index (χ1) is 10.5. The van der Waals surface area contributed by atoms with Crippen LogP contribution in [0.2, 0.25) is 0 Å². The van der Waals surface area contributed by atoms with E-state index < -0.39 is 0 Å². The van der Waals surface area contributed by atoms with Gasteiger partial charge in [0.15, 0.2) is 0 Å². The van der Waals surface area contributed by atoms with Crippen LogP contribution in [0.25, 0.3) is 0 Å². The molecule has 1 heterocycles. The molecule has 2 rings (SSSR count). The molecule has 0 bridgehead atoms. The largest absolute Gasteiger partial charge is 0.304 e. The number of nitrogens with zero attached hydrogens (tertiary/aromatic N) is 3. The molecule has 1 aromatic rings. The second kappa shape index (κ2) is 8.42. The monoisotopic (exact) mass is 303 g/mol. The smallest absolute Gasteiger partial charge is 0.131 e. The molecule has 0 aromatic heterocycles. The van der Waals surface area contributed by atoms with Crippen LogP contribution in [0.1, 0.15) is 24.5 Å². The maximum absolute atomic E-state index is 11.0. The number of rotatable bonds is 7. The zero-order chi connectivity index (χ0) is 15.9. The number of Topliss-reactive ketones (excluding diaryl/α,β-unsaturated/α-hetero) is 1. The molecular weight excluding hydrogens is 274 g/mol. The fraction of sp³-hybridized carbons (Fsp3) is 0.611. The zero-order valence-corrected chi connectivity index (χ0v) is 14.2. The van der Waals surface area contributed by atoms with E-state index in [1.807, 2.05) is 0 Å². The minimum atomic E-state index is 0.259. The van der Waals surface area contributed by atoms with Crippen molar-refractivity contribution in [3.63, 3.8) is 0 Å². The van der Waals surface area contributed by atoms with Crippen LogP contribution in [-0.4, -0.2) is 67.3 Å². The standard InChI is InChI=1S/C18H29N3O/c1-16(22)8-9-20(3)14-17-4-6-18(7-5-17)15-21-12-10-19(2)11-13-21/h4-7H,8-15H2,1-3H3. The summed E-state index contributed by atoms with van der Waals surface area (Å²) in [6, 6.07) is 8.92. The normalized spacial score (nSPS) is 17.1. The lowest BCUT2D eigenvalue weighted by Crippen LogP contribution is -2.43. The molecular formula is C18H29N3O. The van der Waals surface area contributed by atoms with E-state index in [4.69, 9.17) is 0 Å². The van der Waals surface area contributed by atoms with Crippen LogP contribution in [0, 0.1) is 0 Å². The predicted molar refractivity (Wildman–Crippen MR) is 90.8 cm³/mol. The maximum Gasteiger partial charge on any atom is 0.131 e. The molecule has 1 aliphatic heterocycles. The Kier molecular flexibility index (Phi) is 6.55. The summed E-state index contributed by atoms with van der Waals surface area (Å²) in [5.74, 6) is 0.259. The molecule has 4 nitrogen and oxygen atoms in total. The average molecular weight is 303 g/mol. The van der Waals surface area contributed by atoms with Crippen LogP contribution in [0.4, 0.5) is 0 Å². The summed E-state index contributed by atoms with van der Waals surface area (Å²) in [7, 11) is 4.26. The highest BCUT2D eigenvalue weighted by Crippen LogP contribution is 2.11. The van der Waals surface area contributed by atoms with Gasteiger partial charge >= 0.3 is 0 Å². The van der Waals surface area contributed by atoms with Gasteiger partial charge in [0, 0.05) is 52.2 Å². The number of hydrogen-bond donors (Lipinski definition) is 0. The summed E-state index contributed by atoms with van der Waals surface area (Å²) in [4.78, 5) is 18.1. The number of carbonyl (C=O) groups excluding carboxylic acids is 1. The lowest BCUT2D eigenvalue weighted by atomic mass is 10.1. The quantitative estimate of drug-likeness (QED) is 0.768. The van der Waals surface area contributed by atoms with E-state index in [1.54, 1.807) is 6.92 Å². The topological polar surface area (TPSA) is 26.8 Å². The molecule has 22 heavy (non-hydrogen) atoms. The Morgan fingerprint density at radius 3 is 2.27 bits per heavy atom. The molecule has 0 spiro atoms. The van der Waals surface area contributed by atoms with E-state index in [9.17, 15) is 4.79 Å². The molecule has 0 unspecified atom stereocenters. The molecule has 122 valence electrons. The Morgan fingerprint density at radius 1 is 1.09 bits per heavy atom. The Balaban J connectivity index is 1.78. The van der Waals surface area contributed by atoms with Gasteiger partial charge in [-0.1, -0.05) is 24.3 Å². The molecule has 0 amide bonds. The minimum Gasteiger partial charge on any atom is -0.304 e. The molecule has 1 fully saturated rings. The summed E-state index contributed by atoms with van der Waals surface area (Å²) in [6.07, 6.45) is 0.637. The third-order valence-electron chi connectivity index (χ3n) is 4.32. The van der Waals surface area contributed by atoms with Crippen molar-refractivity contribution < 1.29 is 4.79 Å². The van der Waals surface area contributed by atoms with Gasteiger partial charge in [0.2, 0.25) is 0 Å². The van der Waals surface area contributed by atoms with Crippen molar-refractivity contribution in [1.82, 2.24) is 14.7 Å². The molecule has 0 N–H and O–H groups in total. The highest BCUT2D eigenvalue weighted by molar-refractivity contribution is 5.75. The zero-order valence-electron chi connectivity index (χ0n) is 14.2. The fourth-order valence-corrected chi connectivity index (χ4v) is 2.75. The van der Waals surface area contributed by atoms with Crippen molar-refractivity contribution in [2.75, 3.05) is 46.8 Å². The number of carbonyl (C=O) groups is 1. The Morgan fingerprint density at radius 2 is 1.68 bits per heavy atom. The van der Waals surface area contributed by atoms with Gasteiger partial charge in [0.05, 0.1) is 0 Å². The summed E-state index contributed by atoms with van der Waals surface area (Å²) in [5.41, 5.74) is 2.70. The third-order valence-corrected chi connectivity index (χ3v) is 4.32. The van der Waals surface area contributed by atoms with E-state index >= 15 is 0 Å². The van der Waals surface area contributed by atoms with Crippen molar-refractivity contribution in [2.45, 2.75) is 26.4 Å². The Bertz CT molecular complexity index is 464. The van der Waals surface area contributed by atoms with Crippen molar-refractivity contribution in [3.05, 3.63) is 35.4 Å². The molecule has 0 atom stereocenters. The number of ketones is 1. The van der Waals surface area contributed by atoms with Gasteiger partial charge < -0.3 is 9.80 Å². The van der Waals surface area contributed by atoms with Crippen LogP contribution in [0.3, 0.4) is 0 Å². The fourth-order valence-electron chi connectivity index (χ4n) is 2.75. The van der Waals surface area contributed by atoms with Gasteiger partial charge in [-0.25, -0.2) is 0 Å². The third kappa shape index (κ3) is 5.87. The summed E-state index contributed by atoms with van der Waals surface area (Å²) >= 11 is 0. The van der Waals surface area contributed by atoms with E-state index in [0.29, 0.717) is 6.42 Å². The molecule has 0 saturated carbocycles. The lowest BCUT2D eigenvalue weighted by Gasteiger charge is -2.32. The van der Waals surface area contributed by atoms with E-state index in [2.05, 4.69) is 53.1 Å². The lowest BCUT2D eigenvalue weighted by molar-refractivity contribution is -0.117. The first-order valence-corrected chi connectivity index (χ1v) is 8.19. The van der Waals surface area contributed by atoms with Crippen LogP contribution in [0.5, 0.6) is 0 Å². The van der Waals surface area contributed by atoms with Crippen LogP contribution < -0.4 is 0 Å². The van der Waals surface area contributed by atoms with Crippen LogP contribution in [0.15, 0.2) is 24.3 Å². The highest BCUT2D eigenvalue weighted by Gasteiger charge is 2.13. The van der Waals surface area contributed by atoms with E-state index in [0.717, 1.165) is 32.7 Å². The summed E-state index contributed by atoms with van der Waals surface area (Å²) in [5, 5.41) is 0. The average Bonchev–Trinajstić information content (AvgIpc) is 2.49. The van der Waals surface area contributed by atoms with Gasteiger partial charge in [0.1, 0.15) is 5.78 Å². The van der Waals surface area contributed by atoms with Crippen LogP contribution in [-0.2, 0) is 17.9 Å². The molecule has 1 aliphatic rings. The maximum atomic E-state index is 11.0. The summed E-state index contributed by atoms with van der Waals surface area (Å²) < 4.78 is 0. The predicted octanol–water partition coefficient (Wildman–Crippen LogP) is 1.84. The van der Waals surface area contributed by atoms with Crippen molar-refractivity contribution in [1.29, 1.82) is 0 Å². The van der Waals surface area contributed by atoms with Crippen LogP contribution >= 0.6 is 0 Å². The van der Waals surface area contributed by atoms with E-state index in [1.165, 1.54) is 24.2 Å². The van der Waals surface area contributed by atoms with Crippen molar-refractivity contribution in [2.24, 2.45) is 0 Å². The van der Waals surface area contributed by atoms with Gasteiger partial charge in [-0.3, -0.25) is 9.69 Å². The first kappa shape index (κ1) is 17.1. The van der Waals surface area contributed by atoms with E-state index in [-0.39, 0.29) is 5.78 Å².